The van der Waals surface area contributed by atoms with Crippen LogP contribution in [-0.2, 0) is 4.79 Å². The molecule has 1 aromatic heterocycles. The minimum absolute atomic E-state index is 0.0617. The summed E-state index contributed by atoms with van der Waals surface area (Å²) in [6.45, 7) is 6.73. The molecule has 1 saturated heterocycles. The van der Waals surface area contributed by atoms with Gasteiger partial charge in [-0.15, -0.1) is 0 Å². The SMILES string of the molecule is Cc1cc(C)c(C#N)c(N2C[C@@H](C)[C@H](C(=O)O)C2)n1. The molecule has 0 aliphatic carbocycles. The number of nitriles is 1. The zero-order valence-corrected chi connectivity index (χ0v) is 11.3. The fourth-order valence-corrected chi connectivity index (χ4v) is 2.65. The highest BCUT2D eigenvalue weighted by molar-refractivity contribution is 5.73. The van der Waals surface area contributed by atoms with Crippen molar-refractivity contribution in [1.82, 2.24) is 4.98 Å². The normalized spacial score (nSPS) is 22.3. The number of nitrogens with zero attached hydrogens (tertiary/aromatic N) is 3. The molecule has 0 saturated carbocycles. The summed E-state index contributed by atoms with van der Waals surface area (Å²) in [7, 11) is 0. The average Bonchev–Trinajstić information content (AvgIpc) is 2.70. The maximum Gasteiger partial charge on any atom is 0.308 e. The number of aryl methyl sites for hydroxylation is 2. The second-order valence-electron chi connectivity index (χ2n) is 5.22. The van der Waals surface area contributed by atoms with E-state index in [0.717, 1.165) is 11.3 Å². The van der Waals surface area contributed by atoms with Crippen LogP contribution in [0, 0.1) is 37.0 Å². The lowest BCUT2D eigenvalue weighted by molar-refractivity contribution is -0.142. The maximum absolute atomic E-state index is 11.2. The summed E-state index contributed by atoms with van der Waals surface area (Å²) in [5, 5.41) is 18.4. The number of carboxylic acid groups (broad SMARTS) is 1. The maximum atomic E-state index is 11.2. The number of hydrogen-bond acceptors (Lipinski definition) is 4. The third-order valence-corrected chi connectivity index (χ3v) is 3.67. The highest BCUT2D eigenvalue weighted by atomic mass is 16.4. The van der Waals surface area contributed by atoms with E-state index < -0.39 is 11.9 Å². The van der Waals surface area contributed by atoms with Crippen molar-refractivity contribution in [3.63, 3.8) is 0 Å². The van der Waals surface area contributed by atoms with Crippen LogP contribution >= 0.6 is 0 Å². The summed E-state index contributed by atoms with van der Waals surface area (Å²) in [5.74, 6) is -0.491. The number of carbonyl (C=O) groups is 1. The van der Waals surface area contributed by atoms with Gasteiger partial charge in [-0.1, -0.05) is 6.92 Å². The van der Waals surface area contributed by atoms with E-state index in [-0.39, 0.29) is 5.92 Å². The Balaban J connectivity index is 2.39. The van der Waals surface area contributed by atoms with Crippen LogP contribution in [0.5, 0.6) is 0 Å². The summed E-state index contributed by atoms with van der Waals surface area (Å²) in [6.07, 6.45) is 0. The second kappa shape index (κ2) is 4.88. The molecule has 100 valence electrons. The van der Waals surface area contributed by atoms with Crippen molar-refractivity contribution in [3.05, 3.63) is 22.9 Å². The van der Waals surface area contributed by atoms with Crippen molar-refractivity contribution in [2.45, 2.75) is 20.8 Å². The smallest absolute Gasteiger partial charge is 0.308 e. The van der Waals surface area contributed by atoms with Crippen molar-refractivity contribution in [1.29, 1.82) is 5.26 Å². The third-order valence-electron chi connectivity index (χ3n) is 3.67. The molecule has 2 rings (SSSR count). The van der Waals surface area contributed by atoms with E-state index in [1.54, 1.807) is 0 Å². The summed E-state index contributed by atoms with van der Waals surface area (Å²) >= 11 is 0. The molecule has 5 nitrogen and oxygen atoms in total. The predicted octanol–water partition coefficient (Wildman–Crippen LogP) is 1.73. The van der Waals surface area contributed by atoms with Gasteiger partial charge in [-0.25, -0.2) is 4.98 Å². The summed E-state index contributed by atoms with van der Waals surface area (Å²) in [6, 6.07) is 4.05. The topological polar surface area (TPSA) is 77.2 Å². The van der Waals surface area contributed by atoms with Gasteiger partial charge in [0, 0.05) is 18.8 Å². The molecule has 1 aliphatic rings. The molecule has 1 aliphatic heterocycles. The molecular weight excluding hydrogens is 242 g/mol. The molecule has 0 unspecified atom stereocenters. The molecule has 0 spiro atoms. The van der Waals surface area contributed by atoms with E-state index in [1.807, 2.05) is 31.7 Å². The lowest BCUT2D eigenvalue weighted by atomic mass is 9.99. The van der Waals surface area contributed by atoms with Crippen molar-refractivity contribution in [2.24, 2.45) is 11.8 Å². The summed E-state index contributed by atoms with van der Waals surface area (Å²) in [5.41, 5.74) is 2.28. The van der Waals surface area contributed by atoms with Gasteiger partial charge in [0.2, 0.25) is 0 Å². The van der Waals surface area contributed by atoms with Gasteiger partial charge in [0.15, 0.2) is 0 Å². The Kier molecular flexibility index (Phi) is 3.43. The molecule has 1 N–H and O–H groups in total. The van der Waals surface area contributed by atoms with Gasteiger partial charge >= 0.3 is 5.97 Å². The van der Waals surface area contributed by atoms with Crippen LogP contribution < -0.4 is 4.90 Å². The highest BCUT2D eigenvalue weighted by Crippen LogP contribution is 2.30. The first kappa shape index (κ1) is 13.3. The van der Waals surface area contributed by atoms with Crippen molar-refractivity contribution in [2.75, 3.05) is 18.0 Å². The van der Waals surface area contributed by atoms with E-state index in [2.05, 4.69) is 11.1 Å². The number of rotatable bonds is 2. The first-order valence-electron chi connectivity index (χ1n) is 6.30. The highest BCUT2D eigenvalue weighted by Gasteiger charge is 2.36. The molecule has 2 atom stereocenters. The van der Waals surface area contributed by atoms with Gasteiger partial charge in [-0.05, 0) is 31.4 Å². The standard InChI is InChI=1S/C14H17N3O2/c1-8-4-10(3)16-13(11(8)5-15)17-6-9(2)12(7-17)14(18)19/h4,9,12H,6-7H2,1-3H3,(H,18,19)/t9-,12-/m1/s1. The molecule has 0 radical (unpaired) electrons. The lowest BCUT2D eigenvalue weighted by Gasteiger charge is -2.19. The molecule has 1 aromatic rings. The predicted molar refractivity (Wildman–Crippen MR) is 70.9 cm³/mol. The zero-order valence-electron chi connectivity index (χ0n) is 11.3. The van der Waals surface area contributed by atoms with Crippen molar-refractivity contribution < 1.29 is 9.90 Å². The molecule has 1 fully saturated rings. The fourth-order valence-electron chi connectivity index (χ4n) is 2.65. The first-order chi connectivity index (χ1) is 8.93. The van der Waals surface area contributed by atoms with Gasteiger partial charge in [-0.2, -0.15) is 5.26 Å². The Morgan fingerprint density at radius 2 is 2.21 bits per heavy atom. The van der Waals surface area contributed by atoms with Gasteiger partial charge in [-0.3, -0.25) is 4.79 Å². The molecule has 0 bridgehead atoms. The Morgan fingerprint density at radius 1 is 1.53 bits per heavy atom. The van der Waals surface area contributed by atoms with Gasteiger partial charge in [0.25, 0.3) is 0 Å². The number of aromatic nitrogens is 1. The van der Waals surface area contributed by atoms with Crippen molar-refractivity contribution >= 4 is 11.8 Å². The number of hydrogen-bond donors (Lipinski definition) is 1. The van der Waals surface area contributed by atoms with Crippen LogP contribution in [0.1, 0.15) is 23.7 Å². The Labute approximate surface area is 112 Å². The number of anilines is 1. The average molecular weight is 259 g/mol. The Bertz CT molecular complexity index is 563. The number of aliphatic carboxylic acids is 1. The summed E-state index contributed by atoms with van der Waals surface area (Å²) < 4.78 is 0. The molecule has 19 heavy (non-hydrogen) atoms. The van der Waals surface area contributed by atoms with Crippen LogP contribution in [0.2, 0.25) is 0 Å². The van der Waals surface area contributed by atoms with Crippen molar-refractivity contribution in [3.8, 4) is 6.07 Å². The van der Waals surface area contributed by atoms with Gasteiger partial charge in [0.05, 0.1) is 11.5 Å². The molecule has 2 heterocycles. The molecule has 5 heteroatoms. The summed E-state index contributed by atoms with van der Waals surface area (Å²) in [4.78, 5) is 17.5. The Morgan fingerprint density at radius 3 is 2.74 bits per heavy atom. The van der Waals surface area contributed by atoms with E-state index >= 15 is 0 Å². The van der Waals surface area contributed by atoms with Crippen LogP contribution in [0.3, 0.4) is 0 Å². The van der Waals surface area contributed by atoms with E-state index in [1.165, 1.54) is 0 Å². The van der Waals surface area contributed by atoms with Gasteiger partial charge in [0.1, 0.15) is 11.9 Å². The lowest BCUT2D eigenvalue weighted by Crippen LogP contribution is -2.25. The number of pyridine rings is 1. The van der Waals surface area contributed by atoms with Crippen LogP contribution in [0.15, 0.2) is 6.07 Å². The minimum atomic E-state index is -0.780. The van der Waals surface area contributed by atoms with Crippen LogP contribution in [-0.4, -0.2) is 29.1 Å². The molecule has 0 aromatic carbocycles. The van der Waals surface area contributed by atoms with Gasteiger partial charge < -0.3 is 10.0 Å². The van der Waals surface area contributed by atoms with Crippen LogP contribution in [0.25, 0.3) is 0 Å². The quantitative estimate of drug-likeness (QED) is 0.875. The zero-order chi connectivity index (χ0) is 14.2. The first-order valence-corrected chi connectivity index (χ1v) is 6.30. The fraction of sp³-hybridized carbons (Fsp3) is 0.500. The monoisotopic (exact) mass is 259 g/mol. The van der Waals surface area contributed by atoms with E-state index in [4.69, 9.17) is 0 Å². The van der Waals surface area contributed by atoms with E-state index in [0.29, 0.717) is 24.5 Å². The molecule has 0 amide bonds. The number of carboxylic acids is 1. The molecular formula is C14H17N3O2. The second-order valence-corrected chi connectivity index (χ2v) is 5.22. The largest absolute Gasteiger partial charge is 0.481 e. The van der Waals surface area contributed by atoms with E-state index in [9.17, 15) is 15.2 Å². The third kappa shape index (κ3) is 2.39. The van der Waals surface area contributed by atoms with Crippen LogP contribution in [0.4, 0.5) is 5.82 Å². The minimum Gasteiger partial charge on any atom is -0.481 e. The Hall–Kier alpha value is -2.09.